The standard InChI is InChI=1S/C27H34F3N7O3/c1-15-12-35(14-22(31)27(15,29)30)24-19(32-5)11-18(28)23(34-24)33-17-6-7-20-21(10-17)36(9-8-26(3,4)40)25(39)37(20)13-16(2)38/h6-7,10-11,15-16,22,38,40H,8-9,12-14,31H2,1-4H3,(H,33,34)/t15-,16+,22+/m0/s1. The molecule has 13 heteroatoms. The molecule has 0 bridgehead atoms. The van der Waals surface area contributed by atoms with Crippen LogP contribution in [0.15, 0.2) is 29.1 Å². The zero-order valence-corrected chi connectivity index (χ0v) is 22.8. The lowest BCUT2D eigenvalue weighted by Gasteiger charge is -2.41. The average Bonchev–Trinajstić information content (AvgIpc) is 3.11. The van der Waals surface area contributed by atoms with Gasteiger partial charge in [0.05, 0.1) is 41.9 Å². The highest BCUT2D eigenvalue weighted by Gasteiger charge is 2.48. The summed E-state index contributed by atoms with van der Waals surface area (Å²) in [6.45, 7) is 13.5. The van der Waals surface area contributed by atoms with Gasteiger partial charge in [-0.2, -0.15) is 0 Å². The number of benzene rings is 1. The van der Waals surface area contributed by atoms with Gasteiger partial charge in [-0.3, -0.25) is 9.13 Å². The Morgan fingerprint density at radius 2 is 1.98 bits per heavy atom. The number of nitrogens with two attached hydrogens (primary N) is 1. The maximum Gasteiger partial charge on any atom is 0.329 e. The molecule has 216 valence electrons. The summed E-state index contributed by atoms with van der Waals surface area (Å²) in [5.41, 5.74) is 5.63. The normalized spacial score (nSPS) is 20.0. The first-order chi connectivity index (χ1) is 18.6. The molecule has 3 aromatic rings. The van der Waals surface area contributed by atoms with Gasteiger partial charge in [-0.05, 0) is 51.5 Å². The Bertz CT molecular complexity index is 1490. The fraction of sp³-hybridized carbons (Fsp3) is 0.519. The van der Waals surface area contributed by atoms with Gasteiger partial charge in [0.25, 0.3) is 5.92 Å². The summed E-state index contributed by atoms with van der Waals surface area (Å²) in [4.78, 5) is 22.3. The molecule has 1 aliphatic heterocycles. The van der Waals surface area contributed by atoms with E-state index in [1.54, 1.807) is 39.0 Å². The molecule has 1 aliphatic rings. The topological polar surface area (TPSA) is 126 Å². The van der Waals surface area contributed by atoms with Crippen molar-refractivity contribution in [1.29, 1.82) is 0 Å². The van der Waals surface area contributed by atoms with E-state index in [4.69, 9.17) is 12.3 Å². The van der Waals surface area contributed by atoms with E-state index in [1.807, 2.05) is 0 Å². The summed E-state index contributed by atoms with van der Waals surface area (Å²) in [6, 6.07) is 4.41. The zero-order chi connectivity index (χ0) is 29.6. The average molecular weight is 562 g/mol. The largest absolute Gasteiger partial charge is 0.392 e. The van der Waals surface area contributed by atoms with Crippen LogP contribution in [0.5, 0.6) is 0 Å². The van der Waals surface area contributed by atoms with Gasteiger partial charge in [-0.1, -0.05) is 6.92 Å². The summed E-state index contributed by atoms with van der Waals surface area (Å²) < 4.78 is 46.6. The highest BCUT2D eigenvalue weighted by molar-refractivity contribution is 5.82. The Morgan fingerprint density at radius 3 is 2.58 bits per heavy atom. The highest BCUT2D eigenvalue weighted by Crippen LogP contribution is 2.38. The van der Waals surface area contributed by atoms with Gasteiger partial charge in [-0.15, -0.1) is 0 Å². The number of hydrogen-bond acceptors (Lipinski definition) is 7. The van der Waals surface area contributed by atoms with Crippen molar-refractivity contribution in [3.63, 3.8) is 0 Å². The molecule has 1 aromatic carbocycles. The lowest BCUT2D eigenvalue weighted by molar-refractivity contribution is -0.0806. The minimum Gasteiger partial charge on any atom is -0.392 e. The van der Waals surface area contributed by atoms with Gasteiger partial charge in [0.1, 0.15) is 5.82 Å². The third-order valence-electron chi connectivity index (χ3n) is 7.09. The lowest BCUT2D eigenvalue weighted by Crippen LogP contribution is -2.60. The van der Waals surface area contributed by atoms with Gasteiger partial charge < -0.3 is 26.2 Å². The Balaban J connectivity index is 1.73. The van der Waals surface area contributed by atoms with Crippen molar-refractivity contribution in [2.24, 2.45) is 11.7 Å². The van der Waals surface area contributed by atoms with Crippen molar-refractivity contribution >= 4 is 34.0 Å². The number of rotatable bonds is 8. The summed E-state index contributed by atoms with van der Waals surface area (Å²) in [6.07, 6.45) is -0.502. The second-order valence-corrected chi connectivity index (χ2v) is 11.1. The van der Waals surface area contributed by atoms with Crippen molar-refractivity contribution in [1.82, 2.24) is 14.1 Å². The lowest BCUT2D eigenvalue weighted by atomic mass is 9.91. The van der Waals surface area contributed by atoms with E-state index >= 15 is 4.39 Å². The molecule has 40 heavy (non-hydrogen) atoms. The molecule has 1 fully saturated rings. The van der Waals surface area contributed by atoms with Gasteiger partial charge >= 0.3 is 5.69 Å². The number of nitrogens with one attached hydrogen (secondary N) is 1. The van der Waals surface area contributed by atoms with Gasteiger partial charge in [0.15, 0.2) is 11.6 Å². The minimum atomic E-state index is -3.09. The molecule has 1 saturated heterocycles. The number of alkyl halides is 2. The van der Waals surface area contributed by atoms with Crippen LogP contribution in [0.1, 0.15) is 34.1 Å². The van der Waals surface area contributed by atoms with E-state index in [1.165, 1.54) is 21.0 Å². The molecule has 0 aliphatic carbocycles. The third-order valence-corrected chi connectivity index (χ3v) is 7.09. The van der Waals surface area contributed by atoms with Crippen molar-refractivity contribution in [3.05, 3.63) is 52.0 Å². The number of anilines is 3. The Kier molecular flexibility index (Phi) is 7.90. The number of imidazole rings is 1. The van der Waals surface area contributed by atoms with Crippen LogP contribution in [-0.4, -0.2) is 61.1 Å². The summed E-state index contributed by atoms with van der Waals surface area (Å²) >= 11 is 0. The van der Waals surface area contributed by atoms with Gasteiger partial charge in [0, 0.05) is 31.2 Å². The molecule has 4 rings (SSSR count). The fourth-order valence-corrected chi connectivity index (χ4v) is 4.87. The van der Waals surface area contributed by atoms with Gasteiger partial charge in [-0.25, -0.2) is 27.8 Å². The van der Waals surface area contributed by atoms with Crippen molar-refractivity contribution < 1.29 is 23.4 Å². The molecular formula is C27H34F3N7O3. The predicted molar refractivity (Wildman–Crippen MR) is 147 cm³/mol. The Morgan fingerprint density at radius 1 is 1.27 bits per heavy atom. The van der Waals surface area contributed by atoms with Crippen molar-refractivity contribution in [2.75, 3.05) is 23.3 Å². The molecule has 5 N–H and O–H groups in total. The number of aliphatic hydroxyl groups is 2. The van der Waals surface area contributed by atoms with Crippen molar-refractivity contribution in [2.45, 2.75) is 70.9 Å². The van der Waals surface area contributed by atoms with E-state index < -0.39 is 35.4 Å². The van der Waals surface area contributed by atoms with E-state index in [0.717, 1.165) is 6.07 Å². The second-order valence-electron chi connectivity index (χ2n) is 11.1. The molecule has 3 heterocycles. The quantitative estimate of drug-likeness (QED) is 0.310. The first-order valence-corrected chi connectivity index (χ1v) is 13.0. The minimum absolute atomic E-state index is 0.0444. The number of aryl methyl sites for hydroxylation is 1. The first-order valence-electron chi connectivity index (χ1n) is 13.0. The Labute approximate surface area is 229 Å². The molecule has 2 aromatic heterocycles. The monoisotopic (exact) mass is 561 g/mol. The van der Waals surface area contributed by atoms with E-state index in [-0.39, 0.29) is 55.6 Å². The summed E-state index contributed by atoms with van der Waals surface area (Å²) in [5.74, 6) is -5.19. The number of aromatic nitrogens is 3. The molecule has 3 atom stereocenters. The molecule has 0 saturated carbocycles. The van der Waals surface area contributed by atoms with Crippen LogP contribution in [0, 0.1) is 18.3 Å². The molecular weight excluding hydrogens is 527 g/mol. The molecule has 0 radical (unpaired) electrons. The number of halogens is 3. The fourth-order valence-electron chi connectivity index (χ4n) is 4.87. The molecule has 0 amide bonds. The summed E-state index contributed by atoms with van der Waals surface area (Å²) in [5, 5.41) is 23.0. The van der Waals surface area contributed by atoms with Crippen LogP contribution in [0.4, 0.5) is 36.2 Å². The van der Waals surface area contributed by atoms with E-state index in [2.05, 4.69) is 15.1 Å². The molecule has 0 unspecified atom stereocenters. The number of nitrogens with zero attached hydrogens (tertiary/aromatic N) is 5. The highest BCUT2D eigenvalue weighted by atomic mass is 19.3. The molecule has 0 spiro atoms. The maximum absolute atomic E-state index is 15.1. The predicted octanol–water partition coefficient (Wildman–Crippen LogP) is 3.59. The third kappa shape index (κ3) is 5.79. The number of fused-ring (bicyclic) bond motifs is 1. The van der Waals surface area contributed by atoms with Crippen LogP contribution in [0.2, 0.25) is 0 Å². The number of piperidine rings is 1. The van der Waals surface area contributed by atoms with Crippen LogP contribution < -0.4 is 21.6 Å². The van der Waals surface area contributed by atoms with Crippen LogP contribution in [-0.2, 0) is 13.1 Å². The smallest absolute Gasteiger partial charge is 0.329 e. The SMILES string of the molecule is [C-]#[N+]c1cc(F)c(Nc2ccc3c(c2)n(CCC(C)(C)O)c(=O)n3C[C@@H](C)O)nc1N1C[C@@H](N)C(F)(F)[C@@H](C)C1. The van der Waals surface area contributed by atoms with E-state index in [9.17, 15) is 23.8 Å². The van der Waals surface area contributed by atoms with Crippen LogP contribution in [0.25, 0.3) is 15.9 Å². The zero-order valence-electron chi connectivity index (χ0n) is 22.8. The van der Waals surface area contributed by atoms with Crippen LogP contribution in [0.3, 0.4) is 0 Å². The number of aliphatic hydroxyl groups excluding tert-OH is 1. The number of pyridine rings is 1. The summed E-state index contributed by atoms with van der Waals surface area (Å²) in [7, 11) is 0. The molecule has 10 nitrogen and oxygen atoms in total. The van der Waals surface area contributed by atoms with Crippen molar-refractivity contribution in [3.8, 4) is 0 Å². The second kappa shape index (κ2) is 10.8. The van der Waals surface area contributed by atoms with Crippen LogP contribution >= 0.6 is 0 Å². The maximum atomic E-state index is 15.1. The Hall–Kier alpha value is -3.60. The first kappa shape index (κ1) is 29.4. The van der Waals surface area contributed by atoms with E-state index in [0.29, 0.717) is 16.7 Å². The number of hydrogen-bond donors (Lipinski definition) is 4. The van der Waals surface area contributed by atoms with Gasteiger partial charge in [0.2, 0.25) is 5.69 Å².